The standard InChI is InChI=1S/C23H19FN6O2S/c1-2-32-21(31)13-33-23-19(10-25)22(26-14-27-23)29-18-6-7-20-16(9-18)11-28-30(20)12-15-4-3-5-17(24)8-15/h3-9,11,14H,2,12-13H2,1H3,(H,26,27,29). The Hall–Kier alpha value is -3.97. The van der Waals surface area contributed by atoms with E-state index < -0.39 is 0 Å². The summed E-state index contributed by atoms with van der Waals surface area (Å²) in [6, 6.07) is 14.2. The van der Waals surface area contributed by atoms with Gasteiger partial charge in [0.1, 0.15) is 28.8 Å². The Morgan fingerprint density at radius 3 is 2.94 bits per heavy atom. The molecule has 0 saturated heterocycles. The van der Waals surface area contributed by atoms with E-state index in [4.69, 9.17) is 4.74 Å². The van der Waals surface area contributed by atoms with Crippen LogP contribution in [0.4, 0.5) is 15.9 Å². The lowest BCUT2D eigenvalue weighted by atomic mass is 10.2. The Labute approximate surface area is 193 Å². The number of aromatic nitrogens is 4. The maximum Gasteiger partial charge on any atom is 0.316 e. The summed E-state index contributed by atoms with van der Waals surface area (Å²) in [5, 5.41) is 18.5. The molecule has 0 saturated carbocycles. The number of anilines is 2. The van der Waals surface area contributed by atoms with E-state index in [0.717, 1.165) is 28.2 Å². The summed E-state index contributed by atoms with van der Waals surface area (Å²) < 4.78 is 20.2. The van der Waals surface area contributed by atoms with E-state index in [1.807, 2.05) is 24.3 Å². The lowest BCUT2D eigenvalue weighted by molar-refractivity contribution is -0.139. The molecular weight excluding hydrogens is 443 g/mol. The monoisotopic (exact) mass is 462 g/mol. The summed E-state index contributed by atoms with van der Waals surface area (Å²) in [7, 11) is 0. The highest BCUT2D eigenvalue weighted by atomic mass is 32.2. The number of ether oxygens (including phenoxy) is 1. The van der Waals surface area contributed by atoms with Gasteiger partial charge in [0, 0.05) is 11.1 Å². The molecule has 4 aromatic rings. The number of rotatable bonds is 8. The van der Waals surface area contributed by atoms with Crippen LogP contribution < -0.4 is 5.32 Å². The number of fused-ring (bicyclic) bond motifs is 1. The maximum atomic E-state index is 13.5. The Morgan fingerprint density at radius 1 is 1.27 bits per heavy atom. The first-order valence-corrected chi connectivity index (χ1v) is 11.1. The average Bonchev–Trinajstić information content (AvgIpc) is 3.20. The maximum absolute atomic E-state index is 13.5. The molecule has 166 valence electrons. The van der Waals surface area contributed by atoms with Crippen LogP contribution in [0.3, 0.4) is 0 Å². The third kappa shape index (κ3) is 5.27. The molecule has 0 amide bonds. The third-order valence-corrected chi connectivity index (χ3v) is 5.65. The van der Waals surface area contributed by atoms with Gasteiger partial charge in [-0.25, -0.2) is 14.4 Å². The number of nitrogens with one attached hydrogen (secondary N) is 1. The Morgan fingerprint density at radius 2 is 2.15 bits per heavy atom. The van der Waals surface area contributed by atoms with E-state index in [1.54, 1.807) is 23.9 Å². The molecule has 0 spiro atoms. The highest BCUT2D eigenvalue weighted by Crippen LogP contribution is 2.28. The zero-order chi connectivity index (χ0) is 23.2. The number of nitriles is 1. The summed E-state index contributed by atoms with van der Waals surface area (Å²) in [6.45, 7) is 2.47. The van der Waals surface area contributed by atoms with Gasteiger partial charge < -0.3 is 10.1 Å². The highest BCUT2D eigenvalue weighted by Gasteiger charge is 2.15. The molecular formula is C23H19FN6O2S. The van der Waals surface area contributed by atoms with Crippen molar-refractivity contribution >= 4 is 40.1 Å². The predicted molar refractivity (Wildman–Crippen MR) is 123 cm³/mol. The number of carbonyl (C=O) groups is 1. The van der Waals surface area contributed by atoms with Gasteiger partial charge in [0.15, 0.2) is 5.82 Å². The molecule has 8 nitrogen and oxygen atoms in total. The van der Waals surface area contributed by atoms with Gasteiger partial charge >= 0.3 is 5.97 Å². The number of esters is 1. The lowest BCUT2D eigenvalue weighted by Crippen LogP contribution is -2.07. The second-order valence-corrected chi connectivity index (χ2v) is 7.90. The molecule has 4 rings (SSSR count). The zero-order valence-corrected chi connectivity index (χ0v) is 18.5. The van der Waals surface area contributed by atoms with Gasteiger partial charge in [-0.15, -0.1) is 0 Å². The van der Waals surface area contributed by atoms with Crippen molar-refractivity contribution in [2.75, 3.05) is 17.7 Å². The van der Waals surface area contributed by atoms with E-state index in [1.165, 1.54) is 18.5 Å². The van der Waals surface area contributed by atoms with Crippen LogP contribution in [-0.2, 0) is 16.1 Å². The van der Waals surface area contributed by atoms with Crippen molar-refractivity contribution in [2.45, 2.75) is 18.5 Å². The minimum atomic E-state index is -0.375. The van der Waals surface area contributed by atoms with Crippen LogP contribution >= 0.6 is 11.8 Å². The van der Waals surface area contributed by atoms with Crippen LogP contribution in [0.25, 0.3) is 10.9 Å². The molecule has 0 aliphatic rings. The predicted octanol–water partition coefficient (Wildman–Crippen LogP) is 4.28. The Balaban J connectivity index is 1.54. The van der Waals surface area contributed by atoms with Gasteiger partial charge in [-0.1, -0.05) is 23.9 Å². The molecule has 2 heterocycles. The second-order valence-electron chi connectivity index (χ2n) is 6.94. The molecule has 0 radical (unpaired) electrons. The van der Waals surface area contributed by atoms with Crippen molar-refractivity contribution in [1.82, 2.24) is 19.7 Å². The minimum absolute atomic E-state index is 0.0510. The molecule has 0 unspecified atom stereocenters. The van der Waals surface area contributed by atoms with Gasteiger partial charge in [0.05, 0.1) is 30.6 Å². The fourth-order valence-electron chi connectivity index (χ4n) is 3.24. The second kappa shape index (κ2) is 10.1. The quantitative estimate of drug-likeness (QED) is 0.235. The molecule has 0 aliphatic carbocycles. The van der Waals surface area contributed by atoms with Gasteiger partial charge in [0.2, 0.25) is 0 Å². The first kappa shape index (κ1) is 22.2. The first-order chi connectivity index (χ1) is 16.1. The first-order valence-electron chi connectivity index (χ1n) is 10.1. The van der Waals surface area contributed by atoms with Crippen LogP contribution in [0.5, 0.6) is 0 Å². The highest BCUT2D eigenvalue weighted by molar-refractivity contribution is 7.99. The molecule has 10 heteroatoms. The number of hydrogen-bond acceptors (Lipinski definition) is 8. The van der Waals surface area contributed by atoms with Gasteiger partial charge in [-0.3, -0.25) is 9.48 Å². The fourth-order valence-corrected chi connectivity index (χ4v) is 3.99. The van der Waals surface area contributed by atoms with Crippen LogP contribution in [0.15, 0.2) is 60.0 Å². The SMILES string of the molecule is CCOC(=O)CSc1ncnc(Nc2ccc3c(cnn3Cc3cccc(F)c3)c2)c1C#N. The zero-order valence-electron chi connectivity index (χ0n) is 17.7. The van der Waals surface area contributed by atoms with Crippen molar-refractivity contribution in [3.63, 3.8) is 0 Å². The van der Waals surface area contributed by atoms with Crippen LogP contribution in [0.1, 0.15) is 18.1 Å². The molecule has 0 aliphatic heterocycles. The number of hydrogen-bond donors (Lipinski definition) is 1. The molecule has 2 aromatic carbocycles. The van der Waals surface area contributed by atoms with Crippen molar-refractivity contribution < 1.29 is 13.9 Å². The van der Waals surface area contributed by atoms with E-state index in [9.17, 15) is 14.4 Å². The van der Waals surface area contributed by atoms with Crippen molar-refractivity contribution in [3.8, 4) is 6.07 Å². The molecule has 1 N–H and O–H groups in total. The lowest BCUT2D eigenvalue weighted by Gasteiger charge is -2.10. The summed E-state index contributed by atoms with van der Waals surface area (Å²) in [4.78, 5) is 20.0. The summed E-state index contributed by atoms with van der Waals surface area (Å²) in [5.74, 6) is -0.269. The molecule has 0 atom stereocenters. The number of nitrogens with zero attached hydrogens (tertiary/aromatic N) is 5. The fraction of sp³-hybridized carbons (Fsp3) is 0.174. The summed E-state index contributed by atoms with van der Waals surface area (Å²) >= 11 is 1.12. The van der Waals surface area contributed by atoms with Crippen LogP contribution in [0.2, 0.25) is 0 Å². The molecule has 33 heavy (non-hydrogen) atoms. The number of halogens is 1. The Kier molecular flexibility index (Phi) is 6.80. The molecule has 0 bridgehead atoms. The minimum Gasteiger partial charge on any atom is -0.465 e. The van der Waals surface area contributed by atoms with Crippen LogP contribution in [-0.4, -0.2) is 38.1 Å². The van der Waals surface area contributed by atoms with E-state index in [-0.39, 0.29) is 23.1 Å². The smallest absolute Gasteiger partial charge is 0.316 e. The summed E-state index contributed by atoms with van der Waals surface area (Å²) in [5.41, 5.74) is 2.66. The number of benzene rings is 2. The van der Waals surface area contributed by atoms with Crippen molar-refractivity contribution in [1.29, 1.82) is 5.26 Å². The largest absolute Gasteiger partial charge is 0.465 e. The van der Waals surface area contributed by atoms with E-state index in [2.05, 4.69) is 26.5 Å². The summed E-state index contributed by atoms with van der Waals surface area (Å²) in [6.07, 6.45) is 3.07. The van der Waals surface area contributed by atoms with Gasteiger partial charge in [0.25, 0.3) is 0 Å². The van der Waals surface area contributed by atoms with Crippen LogP contribution in [0, 0.1) is 17.1 Å². The van der Waals surface area contributed by atoms with E-state index in [0.29, 0.717) is 29.7 Å². The van der Waals surface area contributed by atoms with E-state index >= 15 is 0 Å². The normalized spacial score (nSPS) is 10.7. The van der Waals surface area contributed by atoms with Gasteiger partial charge in [-0.2, -0.15) is 10.4 Å². The Bertz CT molecular complexity index is 1350. The van der Waals surface area contributed by atoms with Crippen molar-refractivity contribution in [3.05, 3.63) is 71.9 Å². The molecule has 2 aromatic heterocycles. The number of thioether (sulfide) groups is 1. The number of carbonyl (C=O) groups excluding carboxylic acids is 1. The average molecular weight is 463 g/mol. The topological polar surface area (TPSA) is 106 Å². The van der Waals surface area contributed by atoms with Crippen molar-refractivity contribution in [2.24, 2.45) is 0 Å². The van der Waals surface area contributed by atoms with Gasteiger partial charge in [-0.05, 0) is 42.8 Å². The third-order valence-electron chi connectivity index (χ3n) is 4.68. The molecule has 0 fully saturated rings.